The van der Waals surface area contributed by atoms with Gasteiger partial charge in [0.05, 0.1) is 0 Å². The molecule has 340 valence electrons. The molecule has 0 unspecified atom stereocenters. The van der Waals surface area contributed by atoms with Gasteiger partial charge in [-0.1, -0.05) is 243 Å². The third kappa shape index (κ3) is 5.97. The molecule has 0 heterocycles. The highest BCUT2D eigenvalue weighted by molar-refractivity contribution is 6.34. The van der Waals surface area contributed by atoms with Crippen LogP contribution in [-0.2, 0) is 0 Å². The molecule has 0 atom stereocenters. The second-order valence-electron chi connectivity index (χ2n) is 20.2. The van der Waals surface area contributed by atoms with Gasteiger partial charge in [-0.2, -0.15) is 0 Å². The van der Waals surface area contributed by atoms with Crippen molar-refractivity contribution in [2.24, 2.45) is 0 Å². The van der Waals surface area contributed by atoms with E-state index in [0.29, 0.717) is 0 Å². The topological polar surface area (TPSA) is 0 Å². The minimum atomic E-state index is 1.21. The first kappa shape index (κ1) is 41.0. The van der Waals surface area contributed by atoms with E-state index < -0.39 is 0 Å². The zero-order valence-electron chi connectivity index (χ0n) is 40.4. The lowest BCUT2D eigenvalue weighted by Crippen LogP contribution is -1.92. The highest BCUT2D eigenvalue weighted by Gasteiger charge is 2.20. The molecule has 0 aromatic heterocycles. The van der Waals surface area contributed by atoms with E-state index >= 15 is 0 Å². The van der Waals surface area contributed by atoms with Gasteiger partial charge in [0.2, 0.25) is 0 Å². The van der Waals surface area contributed by atoms with E-state index in [-0.39, 0.29) is 0 Å². The second kappa shape index (κ2) is 15.9. The van der Waals surface area contributed by atoms with Gasteiger partial charge < -0.3 is 0 Å². The molecular weight excluding hydrogens is 889 g/mol. The summed E-state index contributed by atoms with van der Waals surface area (Å²) in [6.07, 6.45) is 0. The second-order valence-corrected chi connectivity index (χ2v) is 20.2. The summed E-state index contributed by atoms with van der Waals surface area (Å²) in [4.78, 5) is 0. The quantitative estimate of drug-likeness (QED) is 0.122. The van der Waals surface area contributed by atoms with Gasteiger partial charge in [-0.3, -0.25) is 0 Å². The molecule has 74 heavy (non-hydrogen) atoms. The third-order valence-electron chi connectivity index (χ3n) is 16.4. The molecule has 0 nitrogen and oxygen atoms in total. The van der Waals surface area contributed by atoms with E-state index in [2.05, 4.69) is 267 Å². The minimum absolute atomic E-state index is 1.21. The van der Waals surface area contributed by atoms with Crippen molar-refractivity contribution in [3.63, 3.8) is 0 Å². The maximum Gasteiger partial charge on any atom is -0.00199 e. The summed E-state index contributed by atoms with van der Waals surface area (Å²) in [5, 5.41) is 28.2. The van der Waals surface area contributed by atoms with E-state index in [4.69, 9.17) is 0 Å². The lowest BCUT2D eigenvalue weighted by Gasteiger charge is -2.19. The molecular formula is C74H44. The highest BCUT2D eigenvalue weighted by atomic mass is 14.2. The Hall–Kier alpha value is -9.62. The average Bonchev–Trinajstić information content (AvgIpc) is 3.53. The molecule has 0 aliphatic rings. The van der Waals surface area contributed by atoms with Crippen LogP contribution in [0.2, 0.25) is 0 Å². The van der Waals surface area contributed by atoms with Crippen LogP contribution in [0.1, 0.15) is 0 Å². The number of rotatable bonds is 4. The zero-order chi connectivity index (χ0) is 48.4. The van der Waals surface area contributed by atoms with Crippen LogP contribution in [0.3, 0.4) is 0 Å². The van der Waals surface area contributed by atoms with Crippen molar-refractivity contribution in [1.29, 1.82) is 0 Å². The number of hydrogen-bond donors (Lipinski definition) is 0. The Morgan fingerprint density at radius 2 is 0.405 bits per heavy atom. The van der Waals surface area contributed by atoms with E-state index in [1.807, 2.05) is 0 Å². The van der Waals surface area contributed by atoms with Crippen molar-refractivity contribution in [1.82, 2.24) is 0 Å². The molecule has 0 fully saturated rings. The molecule has 0 N–H and O–H groups in total. The van der Waals surface area contributed by atoms with Crippen LogP contribution < -0.4 is 0 Å². The SMILES string of the molecule is c1ccc2c(-c3ccc4cc(-c5cc6c7ccccc7c7ccccc7c6c6ccccc56)ccc4c3)c3ccccc3c(-c3ccc(-c4cc5c6ccccc6c6ccccc6c5c5ccccc45)cc3)c2c1. The van der Waals surface area contributed by atoms with Crippen LogP contribution in [0.5, 0.6) is 0 Å². The number of hydrogen-bond acceptors (Lipinski definition) is 0. The predicted molar refractivity (Wildman–Crippen MR) is 321 cm³/mol. The van der Waals surface area contributed by atoms with Crippen molar-refractivity contribution in [3.8, 4) is 44.5 Å². The fraction of sp³-hybridized carbons (Fsp3) is 0. The molecule has 0 aliphatic heterocycles. The molecule has 0 heteroatoms. The van der Waals surface area contributed by atoms with Crippen LogP contribution in [0.15, 0.2) is 267 Å². The van der Waals surface area contributed by atoms with Crippen molar-refractivity contribution < 1.29 is 0 Å². The Morgan fingerprint density at radius 1 is 0.149 bits per heavy atom. The first-order valence-electron chi connectivity index (χ1n) is 25.8. The van der Waals surface area contributed by atoms with Crippen molar-refractivity contribution in [2.75, 3.05) is 0 Å². The van der Waals surface area contributed by atoms with Gasteiger partial charge in [0, 0.05) is 0 Å². The number of fused-ring (bicyclic) bond motifs is 19. The maximum absolute atomic E-state index is 2.45. The molecule has 0 amide bonds. The molecule has 0 radical (unpaired) electrons. The summed E-state index contributed by atoms with van der Waals surface area (Å²) in [5.41, 5.74) is 9.91. The van der Waals surface area contributed by atoms with Gasteiger partial charge in [-0.05, 0) is 187 Å². The minimum Gasteiger partial charge on any atom is -0.0616 e. The average molecular weight is 933 g/mol. The summed E-state index contributed by atoms with van der Waals surface area (Å²) in [5.74, 6) is 0. The summed E-state index contributed by atoms with van der Waals surface area (Å²) in [6, 6.07) is 99.9. The Morgan fingerprint density at radius 3 is 0.824 bits per heavy atom. The van der Waals surface area contributed by atoms with Gasteiger partial charge in [0.15, 0.2) is 0 Å². The first-order chi connectivity index (χ1) is 36.7. The Kier molecular flexibility index (Phi) is 8.84. The van der Waals surface area contributed by atoms with Gasteiger partial charge in [0.1, 0.15) is 0 Å². The van der Waals surface area contributed by atoms with Crippen molar-refractivity contribution in [3.05, 3.63) is 267 Å². The van der Waals surface area contributed by atoms with Gasteiger partial charge in [0.25, 0.3) is 0 Å². The van der Waals surface area contributed by atoms with E-state index in [0.717, 1.165) is 0 Å². The largest absolute Gasteiger partial charge is 0.0616 e. The fourth-order valence-corrected chi connectivity index (χ4v) is 13.1. The molecule has 0 saturated heterocycles. The highest BCUT2D eigenvalue weighted by Crippen LogP contribution is 2.48. The van der Waals surface area contributed by atoms with Crippen LogP contribution in [0, 0.1) is 0 Å². The lowest BCUT2D eigenvalue weighted by molar-refractivity contribution is 1.64. The molecule has 0 saturated carbocycles. The summed E-state index contributed by atoms with van der Waals surface area (Å²) < 4.78 is 0. The molecule has 0 spiro atoms. The van der Waals surface area contributed by atoms with Crippen LogP contribution in [-0.4, -0.2) is 0 Å². The summed E-state index contributed by atoms with van der Waals surface area (Å²) in [6.45, 7) is 0. The van der Waals surface area contributed by atoms with Crippen LogP contribution in [0.25, 0.3) is 163 Å². The summed E-state index contributed by atoms with van der Waals surface area (Å²) >= 11 is 0. The first-order valence-corrected chi connectivity index (χ1v) is 25.8. The molecule has 16 aromatic carbocycles. The predicted octanol–water partition coefficient (Wildman–Crippen LogP) is 21.0. The molecule has 0 bridgehead atoms. The van der Waals surface area contributed by atoms with Gasteiger partial charge in [-0.15, -0.1) is 0 Å². The zero-order valence-corrected chi connectivity index (χ0v) is 40.4. The number of benzene rings is 16. The van der Waals surface area contributed by atoms with E-state index in [1.54, 1.807) is 0 Å². The summed E-state index contributed by atoms with van der Waals surface area (Å²) in [7, 11) is 0. The molecule has 16 aromatic rings. The van der Waals surface area contributed by atoms with E-state index in [1.165, 1.54) is 163 Å². The molecule has 16 rings (SSSR count). The maximum atomic E-state index is 2.45. The smallest absolute Gasteiger partial charge is 0.00199 e. The van der Waals surface area contributed by atoms with Gasteiger partial charge >= 0.3 is 0 Å². The monoisotopic (exact) mass is 932 g/mol. The van der Waals surface area contributed by atoms with Crippen LogP contribution in [0.4, 0.5) is 0 Å². The Balaban J connectivity index is 0.830. The van der Waals surface area contributed by atoms with Crippen LogP contribution >= 0.6 is 0 Å². The molecule has 0 aliphatic carbocycles. The Labute approximate surface area is 427 Å². The Bertz CT molecular complexity index is 5000. The normalized spacial score (nSPS) is 12.1. The van der Waals surface area contributed by atoms with Gasteiger partial charge in [-0.25, -0.2) is 0 Å². The lowest BCUT2D eigenvalue weighted by atomic mass is 9.84. The van der Waals surface area contributed by atoms with Crippen molar-refractivity contribution >= 4 is 118 Å². The standard InChI is InChI=1S/C74H44/c1-3-21-55-51(17-1)53-19-5-9-25-59(53)73-61-27-11-7-23-57(61)67(43-69(55)73)45-33-35-46(36-34-45)71-63-29-13-15-31-65(63)72(66-32-16-14-30-64(66)71)50-40-38-47-41-49(39-37-48(47)42-50)68-44-70-56-22-4-2-18-52(56)54-20-6-10-26-60(54)74(70)62-28-12-8-24-58(62)68/h1-44H. The third-order valence-corrected chi connectivity index (χ3v) is 16.4. The fourth-order valence-electron chi connectivity index (χ4n) is 13.1. The van der Waals surface area contributed by atoms with Crippen molar-refractivity contribution in [2.45, 2.75) is 0 Å². The van der Waals surface area contributed by atoms with E-state index in [9.17, 15) is 0 Å².